The van der Waals surface area contributed by atoms with Crippen molar-refractivity contribution in [1.29, 1.82) is 0 Å². The Labute approximate surface area is 159 Å². The third kappa shape index (κ3) is 3.80. The van der Waals surface area contributed by atoms with Gasteiger partial charge >= 0.3 is 0 Å². The molecule has 0 atom stereocenters. The molecule has 0 aliphatic rings. The van der Waals surface area contributed by atoms with Crippen LogP contribution >= 0.6 is 0 Å². The van der Waals surface area contributed by atoms with Gasteiger partial charge < -0.3 is 30.6 Å². The van der Waals surface area contributed by atoms with Gasteiger partial charge in [0.2, 0.25) is 11.5 Å². The Kier molecular flexibility index (Phi) is 5.03. The molecule has 3 aromatic carbocycles. The van der Waals surface area contributed by atoms with Crippen molar-refractivity contribution >= 4 is 23.8 Å². The van der Waals surface area contributed by atoms with E-state index in [2.05, 4.69) is 9.98 Å². The minimum atomic E-state index is -0.614. The van der Waals surface area contributed by atoms with Gasteiger partial charge in [-0.15, -0.1) is 0 Å². The number of nitrogens with zero attached hydrogens (tertiary/aromatic N) is 2. The first-order valence-electron chi connectivity index (χ1n) is 8.03. The van der Waals surface area contributed by atoms with Gasteiger partial charge in [-0.25, -0.2) is 0 Å². The van der Waals surface area contributed by atoms with Gasteiger partial charge in [0.25, 0.3) is 0 Å². The fourth-order valence-corrected chi connectivity index (χ4v) is 2.29. The van der Waals surface area contributed by atoms with E-state index in [1.54, 1.807) is 24.3 Å². The highest BCUT2D eigenvalue weighted by atomic mass is 16.3. The fourth-order valence-electron chi connectivity index (χ4n) is 2.29. The zero-order valence-corrected chi connectivity index (χ0v) is 14.4. The molecule has 0 heterocycles. The number of phenols is 6. The van der Waals surface area contributed by atoms with E-state index in [-0.39, 0.29) is 11.1 Å². The van der Waals surface area contributed by atoms with Crippen LogP contribution in [0.5, 0.6) is 34.5 Å². The Morgan fingerprint density at radius 1 is 0.464 bits per heavy atom. The van der Waals surface area contributed by atoms with E-state index in [9.17, 15) is 30.6 Å². The average molecular weight is 380 g/mol. The third-order valence-electron chi connectivity index (χ3n) is 3.88. The van der Waals surface area contributed by atoms with Gasteiger partial charge in [-0.1, -0.05) is 0 Å². The predicted molar refractivity (Wildman–Crippen MR) is 104 cm³/mol. The molecule has 0 aliphatic heterocycles. The molecule has 0 bridgehead atoms. The molecule has 0 saturated carbocycles. The third-order valence-corrected chi connectivity index (χ3v) is 3.88. The lowest BCUT2D eigenvalue weighted by Crippen LogP contribution is -1.83. The molecule has 28 heavy (non-hydrogen) atoms. The van der Waals surface area contributed by atoms with Crippen LogP contribution in [0.2, 0.25) is 0 Å². The first-order chi connectivity index (χ1) is 13.4. The Morgan fingerprint density at radius 3 is 1.18 bits per heavy atom. The smallest absolute Gasteiger partial charge is 0.200 e. The van der Waals surface area contributed by atoms with Gasteiger partial charge in [0.15, 0.2) is 23.0 Å². The second-order valence-corrected chi connectivity index (χ2v) is 5.78. The van der Waals surface area contributed by atoms with Crippen LogP contribution in [0.25, 0.3) is 0 Å². The molecule has 0 saturated heterocycles. The maximum Gasteiger partial charge on any atom is 0.200 e. The molecular formula is C20H16N2O6. The summed E-state index contributed by atoms with van der Waals surface area (Å²) in [5.74, 6) is -3.02. The molecule has 3 rings (SSSR count). The molecule has 0 aromatic heterocycles. The van der Waals surface area contributed by atoms with E-state index in [0.29, 0.717) is 11.4 Å². The minimum absolute atomic E-state index is 0.236. The molecule has 8 heteroatoms. The van der Waals surface area contributed by atoms with Gasteiger partial charge in [0.05, 0.1) is 11.4 Å². The number of benzene rings is 3. The summed E-state index contributed by atoms with van der Waals surface area (Å²) in [4.78, 5) is 8.34. The van der Waals surface area contributed by atoms with Crippen molar-refractivity contribution in [2.24, 2.45) is 9.98 Å². The van der Waals surface area contributed by atoms with Crippen molar-refractivity contribution in [3.63, 3.8) is 0 Å². The van der Waals surface area contributed by atoms with E-state index in [0.717, 1.165) is 0 Å². The Hall–Kier alpha value is -4.20. The number of hydrogen-bond donors (Lipinski definition) is 6. The second kappa shape index (κ2) is 7.58. The van der Waals surface area contributed by atoms with Gasteiger partial charge in [-0.3, -0.25) is 9.98 Å². The zero-order chi connectivity index (χ0) is 20.3. The second-order valence-electron chi connectivity index (χ2n) is 5.78. The lowest BCUT2D eigenvalue weighted by molar-refractivity contribution is 0.367. The van der Waals surface area contributed by atoms with Gasteiger partial charge in [0, 0.05) is 23.6 Å². The fraction of sp³-hybridized carbons (Fsp3) is 0. The van der Waals surface area contributed by atoms with Crippen molar-refractivity contribution in [3.8, 4) is 34.5 Å². The number of phenolic OH excluding ortho intramolecular Hbond substituents is 6. The molecule has 0 radical (unpaired) electrons. The topological polar surface area (TPSA) is 146 Å². The van der Waals surface area contributed by atoms with E-state index in [1.165, 1.54) is 36.7 Å². The van der Waals surface area contributed by atoms with Crippen LogP contribution in [0.15, 0.2) is 58.5 Å². The monoisotopic (exact) mass is 380 g/mol. The Balaban J connectivity index is 1.75. The standard InChI is InChI=1S/C20H16N2O6/c23-15-7-1-11(17(25)19(15)27)9-21-13-3-5-14(6-4-13)22-10-12-2-8-16(24)20(28)18(12)26/h1-10,23-28H. The van der Waals surface area contributed by atoms with Gasteiger partial charge in [0.1, 0.15) is 0 Å². The maximum absolute atomic E-state index is 9.76. The highest BCUT2D eigenvalue weighted by Crippen LogP contribution is 2.37. The van der Waals surface area contributed by atoms with E-state index >= 15 is 0 Å². The first-order valence-corrected chi connectivity index (χ1v) is 8.03. The lowest BCUT2D eigenvalue weighted by Gasteiger charge is -2.04. The number of aromatic hydroxyl groups is 6. The molecule has 0 amide bonds. The van der Waals surface area contributed by atoms with Crippen LogP contribution in [0.3, 0.4) is 0 Å². The Morgan fingerprint density at radius 2 is 0.821 bits per heavy atom. The van der Waals surface area contributed by atoms with Crippen molar-refractivity contribution < 1.29 is 30.6 Å². The molecule has 6 N–H and O–H groups in total. The van der Waals surface area contributed by atoms with Gasteiger partial charge in [-0.05, 0) is 48.5 Å². The molecule has 0 unspecified atom stereocenters. The summed E-state index contributed by atoms with van der Waals surface area (Å²) in [7, 11) is 0. The van der Waals surface area contributed by atoms with Crippen LogP contribution in [0.1, 0.15) is 11.1 Å². The molecule has 3 aromatic rings. The molecular weight excluding hydrogens is 364 g/mol. The molecule has 142 valence electrons. The molecule has 0 aliphatic carbocycles. The van der Waals surface area contributed by atoms with Crippen molar-refractivity contribution in [2.75, 3.05) is 0 Å². The quantitative estimate of drug-likeness (QED) is 0.302. The largest absolute Gasteiger partial charge is 0.504 e. The highest BCUT2D eigenvalue weighted by Gasteiger charge is 2.10. The van der Waals surface area contributed by atoms with E-state index in [1.807, 2.05) is 0 Å². The number of rotatable bonds is 4. The van der Waals surface area contributed by atoms with Crippen LogP contribution in [0.4, 0.5) is 11.4 Å². The molecule has 8 nitrogen and oxygen atoms in total. The summed E-state index contributed by atoms with van der Waals surface area (Å²) in [5, 5.41) is 57.1. The van der Waals surface area contributed by atoms with Crippen LogP contribution in [-0.2, 0) is 0 Å². The van der Waals surface area contributed by atoms with Gasteiger partial charge in [-0.2, -0.15) is 0 Å². The maximum atomic E-state index is 9.76. The zero-order valence-electron chi connectivity index (χ0n) is 14.4. The first kappa shape index (κ1) is 18.6. The number of aliphatic imine (C=N–C) groups is 2. The molecule has 0 fully saturated rings. The minimum Gasteiger partial charge on any atom is -0.504 e. The number of hydrogen-bond acceptors (Lipinski definition) is 8. The van der Waals surface area contributed by atoms with Crippen molar-refractivity contribution in [3.05, 3.63) is 59.7 Å². The van der Waals surface area contributed by atoms with Crippen molar-refractivity contribution in [1.82, 2.24) is 0 Å². The van der Waals surface area contributed by atoms with Crippen LogP contribution < -0.4 is 0 Å². The molecule has 0 spiro atoms. The summed E-state index contributed by atoms with van der Waals surface area (Å²) in [6.45, 7) is 0. The van der Waals surface area contributed by atoms with Crippen LogP contribution in [-0.4, -0.2) is 43.1 Å². The van der Waals surface area contributed by atoms with E-state index in [4.69, 9.17) is 0 Å². The summed E-state index contributed by atoms with van der Waals surface area (Å²) in [6.07, 6.45) is 2.67. The van der Waals surface area contributed by atoms with E-state index < -0.39 is 34.5 Å². The summed E-state index contributed by atoms with van der Waals surface area (Å²) < 4.78 is 0. The lowest BCUT2D eigenvalue weighted by atomic mass is 10.2. The average Bonchev–Trinajstić information content (AvgIpc) is 2.70. The van der Waals surface area contributed by atoms with Crippen molar-refractivity contribution in [2.45, 2.75) is 0 Å². The normalized spacial score (nSPS) is 11.4. The summed E-state index contributed by atoms with van der Waals surface area (Å²) in [5.41, 5.74) is 1.58. The summed E-state index contributed by atoms with van der Waals surface area (Å²) in [6, 6.07) is 11.9. The highest BCUT2D eigenvalue weighted by molar-refractivity contribution is 5.88. The SMILES string of the molecule is Oc1ccc(C=Nc2ccc(N=Cc3ccc(O)c(O)c3O)cc2)c(O)c1O. The Bertz CT molecular complexity index is 989. The van der Waals surface area contributed by atoms with Crippen LogP contribution in [0, 0.1) is 0 Å². The predicted octanol–water partition coefficient (Wildman–Crippen LogP) is 3.42. The summed E-state index contributed by atoms with van der Waals surface area (Å²) >= 11 is 0.